The normalized spacial score (nSPS) is 17.3. The lowest BCUT2D eigenvalue weighted by molar-refractivity contribution is -0.122. The average molecular weight is 433 g/mol. The van der Waals surface area contributed by atoms with Crippen LogP contribution in [0.2, 0.25) is 0 Å². The summed E-state index contributed by atoms with van der Waals surface area (Å²) in [4.78, 5) is 24.5. The molecule has 31 heavy (non-hydrogen) atoms. The zero-order valence-corrected chi connectivity index (χ0v) is 17.6. The molecule has 7 nitrogen and oxygen atoms in total. The van der Waals surface area contributed by atoms with E-state index in [1.807, 2.05) is 42.5 Å². The van der Waals surface area contributed by atoms with Gasteiger partial charge >= 0.3 is 0 Å². The van der Waals surface area contributed by atoms with E-state index >= 15 is 0 Å². The molecular formula is C23H20N4O3S. The van der Waals surface area contributed by atoms with Crippen molar-refractivity contribution < 1.29 is 14.3 Å². The highest BCUT2D eigenvalue weighted by molar-refractivity contribution is 8.15. The van der Waals surface area contributed by atoms with E-state index in [-0.39, 0.29) is 18.2 Å². The van der Waals surface area contributed by atoms with Crippen molar-refractivity contribution in [1.29, 1.82) is 0 Å². The molecule has 1 saturated heterocycles. The molecule has 3 aromatic rings. The zero-order valence-electron chi connectivity index (χ0n) is 16.7. The molecule has 8 heteroatoms. The summed E-state index contributed by atoms with van der Waals surface area (Å²) in [5.41, 5.74) is 1.58. The Bertz CT molecular complexity index is 1170. The van der Waals surface area contributed by atoms with Crippen LogP contribution in [-0.4, -0.2) is 35.6 Å². The Kier molecular flexibility index (Phi) is 6.28. The maximum atomic E-state index is 12.3. The van der Waals surface area contributed by atoms with Crippen LogP contribution in [0.15, 0.2) is 76.9 Å². The first kappa shape index (κ1) is 20.6. The van der Waals surface area contributed by atoms with Gasteiger partial charge in [0.05, 0.1) is 13.3 Å². The molecule has 1 aliphatic rings. The van der Waals surface area contributed by atoms with Gasteiger partial charge in [0.2, 0.25) is 11.8 Å². The zero-order chi connectivity index (χ0) is 21.6. The number of anilines is 1. The first-order valence-corrected chi connectivity index (χ1v) is 10.5. The second-order valence-electron chi connectivity index (χ2n) is 6.79. The SMILES string of the molecule is COc1ccc(NC(=O)CC2SC(=NN=Cc3cccc4ccccc34)NC2=O)cc1. The lowest BCUT2D eigenvalue weighted by Gasteiger charge is -2.08. The van der Waals surface area contributed by atoms with E-state index in [9.17, 15) is 9.59 Å². The number of nitrogens with one attached hydrogen (secondary N) is 2. The highest BCUT2D eigenvalue weighted by Crippen LogP contribution is 2.24. The Morgan fingerprint density at radius 2 is 1.90 bits per heavy atom. The van der Waals surface area contributed by atoms with Gasteiger partial charge in [0.1, 0.15) is 11.0 Å². The molecule has 156 valence electrons. The Morgan fingerprint density at radius 1 is 1.13 bits per heavy atom. The summed E-state index contributed by atoms with van der Waals surface area (Å²) in [6, 6.07) is 21.0. The van der Waals surface area contributed by atoms with Crippen LogP contribution in [0, 0.1) is 0 Å². The summed E-state index contributed by atoms with van der Waals surface area (Å²) in [5.74, 6) is 0.195. The van der Waals surface area contributed by atoms with Gasteiger partial charge in [-0.15, -0.1) is 5.10 Å². The van der Waals surface area contributed by atoms with Crippen LogP contribution in [-0.2, 0) is 9.59 Å². The first-order valence-electron chi connectivity index (χ1n) is 9.62. The van der Waals surface area contributed by atoms with Gasteiger partial charge < -0.3 is 15.4 Å². The Morgan fingerprint density at radius 3 is 2.71 bits per heavy atom. The van der Waals surface area contributed by atoms with E-state index in [1.54, 1.807) is 37.6 Å². The quantitative estimate of drug-likeness (QED) is 0.458. The molecule has 3 aromatic carbocycles. The summed E-state index contributed by atoms with van der Waals surface area (Å²) in [7, 11) is 1.58. The molecule has 2 N–H and O–H groups in total. The largest absolute Gasteiger partial charge is 0.497 e. The minimum absolute atomic E-state index is 0.0363. The van der Waals surface area contributed by atoms with Crippen LogP contribution in [0.5, 0.6) is 5.75 Å². The topological polar surface area (TPSA) is 92.2 Å². The number of thioether (sulfide) groups is 1. The monoisotopic (exact) mass is 432 g/mol. The number of carbonyl (C=O) groups is 2. The highest BCUT2D eigenvalue weighted by Gasteiger charge is 2.32. The van der Waals surface area contributed by atoms with Crippen molar-refractivity contribution in [1.82, 2.24) is 5.32 Å². The average Bonchev–Trinajstić information content (AvgIpc) is 3.13. The van der Waals surface area contributed by atoms with Gasteiger partial charge in [-0.3, -0.25) is 9.59 Å². The van der Waals surface area contributed by atoms with E-state index in [4.69, 9.17) is 4.74 Å². The van der Waals surface area contributed by atoms with Crippen molar-refractivity contribution in [2.45, 2.75) is 11.7 Å². The first-order chi connectivity index (χ1) is 15.1. The number of hydrogen-bond acceptors (Lipinski definition) is 6. The van der Waals surface area contributed by atoms with Gasteiger partial charge in [-0.1, -0.05) is 54.2 Å². The summed E-state index contributed by atoms with van der Waals surface area (Å²) in [6.07, 6.45) is 1.69. The molecule has 0 radical (unpaired) electrons. The van der Waals surface area contributed by atoms with Crippen LogP contribution in [0.3, 0.4) is 0 Å². The van der Waals surface area contributed by atoms with Crippen molar-refractivity contribution in [2.75, 3.05) is 12.4 Å². The van der Waals surface area contributed by atoms with Crippen molar-refractivity contribution in [3.63, 3.8) is 0 Å². The number of hydrogen-bond donors (Lipinski definition) is 2. The fraction of sp³-hybridized carbons (Fsp3) is 0.130. The molecule has 1 heterocycles. The van der Waals surface area contributed by atoms with E-state index in [1.165, 1.54) is 11.8 Å². The van der Waals surface area contributed by atoms with Crippen molar-refractivity contribution in [3.8, 4) is 5.75 Å². The van der Waals surface area contributed by atoms with Crippen molar-refractivity contribution in [3.05, 3.63) is 72.3 Å². The maximum absolute atomic E-state index is 12.3. The second kappa shape index (κ2) is 9.44. The number of amidine groups is 1. The molecule has 0 spiro atoms. The van der Waals surface area contributed by atoms with Gasteiger partial charge in [-0.25, -0.2) is 0 Å². The van der Waals surface area contributed by atoms with Crippen molar-refractivity contribution in [2.24, 2.45) is 10.2 Å². The molecule has 1 aliphatic heterocycles. The van der Waals surface area contributed by atoms with Gasteiger partial charge in [0.15, 0.2) is 5.17 Å². The van der Waals surface area contributed by atoms with Gasteiger partial charge in [0.25, 0.3) is 0 Å². The summed E-state index contributed by atoms with van der Waals surface area (Å²) in [6.45, 7) is 0. The minimum atomic E-state index is -0.551. The molecule has 0 bridgehead atoms. The number of ether oxygens (including phenoxy) is 1. The third-order valence-corrected chi connectivity index (χ3v) is 5.76. The number of amides is 2. The van der Waals surface area contributed by atoms with E-state index in [2.05, 4.69) is 20.8 Å². The van der Waals surface area contributed by atoms with Crippen molar-refractivity contribution >= 4 is 51.4 Å². The highest BCUT2D eigenvalue weighted by atomic mass is 32.2. The fourth-order valence-corrected chi connectivity index (χ4v) is 4.07. The number of rotatable bonds is 6. The van der Waals surface area contributed by atoms with Crippen LogP contribution in [0.25, 0.3) is 10.8 Å². The molecule has 1 atom stereocenters. The number of carbonyl (C=O) groups excluding carboxylic acids is 2. The van der Waals surface area contributed by atoms with Crippen LogP contribution in [0.1, 0.15) is 12.0 Å². The summed E-state index contributed by atoms with van der Waals surface area (Å²) in [5, 5.41) is 15.7. The van der Waals surface area contributed by atoms with Gasteiger partial charge in [-0.05, 0) is 35.0 Å². The van der Waals surface area contributed by atoms with E-state index in [0.29, 0.717) is 16.6 Å². The second-order valence-corrected chi connectivity index (χ2v) is 7.99. The molecule has 4 rings (SSSR count). The van der Waals surface area contributed by atoms with E-state index < -0.39 is 5.25 Å². The standard InChI is InChI=1S/C23H20N4O3S/c1-30-18-11-9-17(10-12-18)25-21(28)13-20-22(29)26-23(31-20)27-24-14-16-7-4-6-15-5-2-3-8-19(15)16/h2-12,14,20H,13H2,1H3,(H,25,28)(H,26,27,29). The smallest absolute Gasteiger partial charge is 0.240 e. The summed E-state index contributed by atoms with van der Waals surface area (Å²) < 4.78 is 5.10. The van der Waals surface area contributed by atoms with Crippen LogP contribution >= 0.6 is 11.8 Å². The molecule has 0 saturated carbocycles. The number of benzene rings is 3. The molecule has 1 fully saturated rings. The lowest BCUT2D eigenvalue weighted by Crippen LogP contribution is -2.28. The lowest BCUT2D eigenvalue weighted by atomic mass is 10.1. The Labute approximate surface area is 183 Å². The van der Waals surface area contributed by atoms with Gasteiger partial charge in [-0.2, -0.15) is 5.10 Å². The molecule has 0 aliphatic carbocycles. The molecular weight excluding hydrogens is 412 g/mol. The Balaban J connectivity index is 1.36. The summed E-state index contributed by atoms with van der Waals surface area (Å²) >= 11 is 1.20. The minimum Gasteiger partial charge on any atom is -0.497 e. The van der Waals surface area contributed by atoms with Crippen LogP contribution < -0.4 is 15.4 Å². The van der Waals surface area contributed by atoms with E-state index in [0.717, 1.165) is 16.3 Å². The predicted molar refractivity (Wildman–Crippen MR) is 125 cm³/mol. The predicted octanol–water partition coefficient (Wildman–Crippen LogP) is 3.80. The Hall–Kier alpha value is -3.65. The number of nitrogens with zero attached hydrogens (tertiary/aromatic N) is 2. The fourth-order valence-electron chi connectivity index (χ4n) is 3.15. The third-order valence-electron chi connectivity index (χ3n) is 4.69. The maximum Gasteiger partial charge on any atom is 0.240 e. The molecule has 1 unspecified atom stereocenters. The number of fused-ring (bicyclic) bond motifs is 1. The van der Waals surface area contributed by atoms with Gasteiger partial charge in [0, 0.05) is 17.7 Å². The molecule has 2 amide bonds. The third kappa shape index (κ3) is 5.10. The number of methoxy groups -OCH3 is 1. The molecule has 0 aromatic heterocycles. The van der Waals surface area contributed by atoms with Crippen LogP contribution in [0.4, 0.5) is 5.69 Å².